The molecule has 5 nitrogen and oxygen atoms in total. The third-order valence-corrected chi connectivity index (χ3v) is 4.81. The minimum atomic E-state index is 0.101. The summed E-state index contributed by atoms with van der Waals surface area (Å²) in [7, 11) is 5.24. The van der Waals surface area contributed by atoms with Gasteiger partial charge < -0.3 is 14.8 Å². The van der Waals surface area contributed by atoms with Gasteiger partial charge in [-0.3, -0.25) is 9.69 Å². The van der Waals surface area contributed by atoms with Gasteiger partial charge in [0.2, 0.25) is 5.91 Å². The molecule has 5 heteroatoms. The summed E-state index contributed by atoms with van der Waals surface area (Å²) in [6.45, 7) is 3.27. The molecular weight excluding hydrogens is 304 g/mol. The molecule has 2 atom stereocenters. The lowest BCUT2D eigenvalue weighted by molar-refractivity contribution is -0.123. The van der Waals surface area contributed by atoms with Gasteiger partial charge in [0.1, 0.15) is 11.5 Å². The number of rotatable bonds is 7. The quantitative estimate of drug-likeness (QED) is 0.833. The first-order valence-electron chi connectivity index (χ1n) is 8.72. The number of carbonyl (C=O) groups is 1. The van der Waals surface area contributed by atoms with Crippen molar-refractivity contribution in [2.24, 2.45) is 5.92 Å². The molecule has 1 aliphatic rings. The van der Waals surface area contributed by atoms with Crippen molar-refractivity contribution < 1.29 is 14.3 Å². The van der Waals surface area contributed by atoms with Gasteiger partial charge in [-0.2, -0.15) is 0 Å². The van der Waals surface area contributed by atoms with Crippen molar-refractivity contribution in [3.63, 3.8) is 0 Å². The lowest BCUT2D eigenvalue weighted by Crippen LogP contribution is -2.44. The van der Waals surface area contributed by atoms with Crippen molar-refractivity contribution >= 4 is 5.91 Å². The largest absolute Gasteiger partial charge is 0.497 e. The second kappa shape index (κ2) is 8.92. The number of amides is 1. The summed E-state index contributed by atoms with van der Waals surface area (Å²) in [5.41, 5.74) is 1.04. The fourth-order valence-electron chi connectivity index (χ4n) is 3.36. The van der Waals surface area contributed by atoms with E-state index >= 15 is 0 Å². The van der Waals surface area contributed by atoms with Gasteiger partial charge in [-0.25, -0.2) is 0 Å². The summed E-state index contributed by atoms with van der Waals surface area (Å²) in [6, 6.07) is 6.09. The number of methoxy groups -OCH3 is 2. The molecule has 1 aliphatic carbocycles. The standard InChI is InChI=1S/C19H30N2O3/c1-14-7-5-6-8-17(14)20-19(22)13-21(2)12-15-9-10-16(23-3)11-18(15)24-4/h9-11,14,17H,5-8,12-13H2,1-4H3,(H,20,22)/t14-,17+/m0/s1. The fraction of sp³-hybridized carbons (Fsp3) is 0.632. The van der Waals surface area contributed by atoms with Crippen molar-refractivity contribution in [3.05, 3.63) is 23.8 Å². The third kappa shape index (κ3) is 5.13. The molecule has 0 bridgehead atoms. The van der Waals surface area contributed by atoms with Gasteiger partial charge in [0.05, 0.1) is 20.8 Å². The molecule has 2 rings (SSSR count). The van der Waals surface area contributed by atoms with Crippen molar-refractivity contribution in [2.75, 3.05) is 27.8 Å². The second-order valence-electron chi connectivity index (χ2n) is 6.79. The molecule has 0 spiro atoms. The molecule has 0 aliphatic heterocycles. The van der Waals surface area contributed by atoms with Gasteiger partial charge in [0, 0.05) is 24.2 Å². The summed E-state index contributed by atoms with van der Waals surface area (Å²) in [6.07, 6.45) is 4.81. The van der Waals surface area contributed by atoms with Crippen molar-refractivity contribution in [1.82, 2.24) is 10.2 Å². The summed E-state index contributed by atoms with van der Waals surface area (Å²) in [5.74, 6) is 2.23. The summed E-state index contributed by atoms with van der Waals surface area (Å²) >= 11 is 0. The maximum Gasteiger partial charge on any atom is 0.234 e. The molecule has 1 fully saturated rings. The van der Waals surface area contributed by atoms with Gasteiger partial charge in [0.15, 0.2) is 0 Å². The van der Waals surface area contributed by atoms with E-state index in [1.54, 1.807) is 14.2 Å². The minimum Gasteiger partial charge on any atom is -0.497 e. The van der Waals surface area contributed by atoms with Crippen molar-refractivity contribution in [3.8, 4) is 11.5 Å². The average Bonchev–Trinajstić information content (AvgIpc) is 2.57. The zero-order valence-electron chi connectivity index (χ0n) is 15.3. The summed E-state index contributed by atoms with van der Waals surface area (Å²) < 4.78 is 10.6. The monoisotopic (exact) mass is 334 g/mol. The van der Waals surface area contributed by atoms with Crippen LogP contribution in [0.25, 0.3) is 0 Å². The molecule has 0 saturated heterocycles. The van der Waals surface area contributed by atoms with Crippen LogP contribution in [0.1, 0.15) is 38.2 Å². The van der Waals surface area contributed by atoms with E-state index < -0.39 is 0 Å². The van der Waals surface area contributed by atoms with Crippen molar-refractivity contribution in [2.45, 2.75) is 45.2 Å². The molecule has 0 aromatic heterocycles. The summed E-state index contributed by atoms with van der Waals surface area (Å²) in [4.78, 5) is 14.3. The van der Waals surface area contributed by atoms with E-state index in [2.05, 4.69) is 12.2 Å². The highest BCUT2D eigenvalue weighted by Gasteiger charge is 2.23. The molecule has 1 aromatic carbocycles. The highest BCUT2D eigenvalue weighted by atomic mass is 16.5. The molecule has 1 N–H and O–H groups in total. The highest BCUT2D eigenvalue weighted by Crippen LogP contribution is 2.26. The van der Waals surface area contributed by atoms with E-state index in [4.69, 9.17) is 9.47 Å². The second-order valence-corrected chi connectivity index (χ2v) is 6.79. The molecule has 1 aromatic rings. The van der Waals surface area contributed by atoms with Gasteiger partial charge in [-0.05, 0) is 31.9 Å². The molecule has 0 unspecified atom stereocenters. The number of ether oxygens (including phenoxy) is 2. The number of nitrogens with one attached hydrogen (secondary N) is 1. The number of carbonyl (C=O) groups excluding carboxylic acids is 1. The number of hydrogen-bond acceptors (Lipinski definition) is 4. The lowest BCUT2D eigenvalue weighted by atomic mass is 9.86. The molecule has 1 saturated carbocycles. The minimum absolute atomic E-state index is 0.101. The first-order valence-corrected chi connectivity index (χ1v) is 8.72. The van der Waals surface area contributed by atoms with E-state index in [1.807, 2.05) is 30.1 Å². The van der Waals surface area contributed by atoms with E-state index in [1.165, 1.54) is 19.3 Å². The summed E-state index contributed by atoms with van der Waals surface area (Å²) in [5, 5.41) is 3.20. The predicted molar refractivity (Wildman–Crippen MR) is 95.4 cm³/mol. The van der Waals surface area contributed by atoms with Crippen LogP contribution in [0.15, 0.2) is 18.2 Å². The Morgan fingerprint density at radius 3 is 2.67 bits per heavy atom. The van der Waals surface area contributed by atoms with Crippen LogP contribution in [-0.4, -0.2) is 44.7 Å². The van der Waals surface area contributed by atoms with E-state index in [0.717, 1.165) is 23.5 Å². The Bertz CT molecular complexity index is 547. The maximum absolute atomic E-state index is 12.3. The van der Waals surface area contributed by atoms with Gasteiger partial charge in [-0.15, -0.1) is 0 Å². The Kier molecular flexibility index (Phi) is 6.91. The van der Waals surface area contributed by atoms with Crippen LogP contribution in [0.2, 0.25) is 0 Å². The lowest BCUT2D eigenvalue weighted by Gasteiger charge is -2.30. The first kappa shape index (κ1) is 18.6. The number of nitrogens with zero attached hydrogens (tertiary/aromatic N) is 1. The Morgan fingerprint density at radius 1 is 1.25 bits per heavy atom. The van der Waals surface area contributed by atoms with Crippen LogP contribution in [0.3, 0.4) is 0 Å². The topological polar surface area (TPSA) is 50.8 Å². The average molecular weight is 334 g/mol. The van der Waals surface area contributed by atoms with E-state index in [9.17, 15) is 4.79 Å². The maximum atomic E-state index is 12.3. The molecule has 24 heavy (non-hydrogen) atoms. The number of hydrogen-bond donors (Lipinski definition) is 1. The molecule has 0 radical (unpaired) electrons. The van der Waals surface area contributed by atoms with Gasteiger partial charge in [0.25, 0.3) is 0 Å². The Hall–Kier alpha value is -1.75. The van der Waals surface area contributed by atoms with Crippen LogP contribution >= 0.6 is 0 Å². The first-order chi connectivity index (χ1) is 11.5. The highest BCUT2D eigenvalue weighted by molar-refractivity contribution is 5.78. The Morgan fingerprint density at radius 2 is 2.00 bits per heavy atom. The number of benzene rings is 1. The number of likely N-dealkylation sites (N-methyl/N-ethyl adjacent to an activating group) is 1. The molecule has 0 heterocycles. The van der Waals surface area contributed by atoms with E-state index in [0.29, 0.717) is 25.0 Å². The van der Waals surface area contributed by atoms with Gasteiger partial charge in [-0.1, -0.05) is 25.8 Å². The fourth-order valence-corrected chi connectivity index (χ4v) is 3.36. The van der Waals surface area contributed by atoms with Gasteiger partial charge >= 0.3 is 0 Å². The normalized spacial score (nSPS) is 20.7. The Balaban J connectivity index is 1.88. The Labute approximate surface area is 145 Å². The third-order valence-electron chi connectivity index (χ3n) is 4.81. The van der Waals surface area contributed by atoms with Crippen LogP contribution in [0.5, 0.6) is 11.5 Å². The van der Waals surface area contributed by atoms with Crippen LogP contribution in [0, 0.1) is 5.92 Å². The predicted octanol–water partition coefficient (Wildman–Crippen LogP) is 2.83. The van der Waals surface area contributed by atoms with Crippen LogP contribution in [-0.2, 0) is 11.3 Å². The van der Waals surface area contributed by atoms with Crippen molar-refractivity contribution in [1.29, 1.82) is 0 Å². The SMILES string of the molecule is COc1ccc(CN(C)CC(=O)N[C@@H]2CCCC[C@@H]2C)c(OC)c1. The van der Waals surface area contributed by atoms with Crippen LogP contribution < -0.4 is 14.8 Å². The smallest absolute Gasteiger partial charge is 0.234 e. The zero-order chi connectivity index (χ0) is 17.5. The molecule has 1 amide bonds. The van der Waals surface area contributed by atoms with E-state index in [-0.39, 0.29) is 5.91 Å². The molecular formula is C19H30N2O3. The van der Waals surface area contributed by atoms with Crippen LogP contribution in [0.4, 0.5) is 0 Å². The molecule has 134 valence electrons. The zero-order valence-corrected chi connectivity index (χ0v) is 15.3.